The number of carbonyl (C=O) groups is 1. The molecule has 7 nitrogen and oxygen atoms in total. The zero-order valence-corrected chi connectivity index (χ0v) is 14.5. The molecule has 0 radical (unpaired) electrons. The van der Waals surface area contributed by atoms with Gasteiger partial charge >= 0.3 is 0 Å². The highest BCUT2D eigenvalue weighted by atomic mass is 16.7. The average Bonchev–Trinajstić information content (AvgIpc) is 2.63. The van der Waals surface area contributed by atoms with Gasteiger partial charge < -0.3 is 29.4 Å². The zero-order chi connectivity index (χ0) is 17.8. The molecule has 0 bridgehead atoms. The number of rotatable bonds is 5. The second-order valence-corrected chi connectivity index (χ2v) is 6.31. The van der Waals surface area contributed by atoms with Crippen LogP contribution in [0.2, 0.25) is 0 Å². The molecular weight excluding hydrogens is 326 g/mol. The molecule has 0 aromatic heterocycles. The molecule has 2 fully saturated rings. The van der Waals surface area contributed by atoms with Crippen molar-refractivity contribution in [3.63, 3.8) is 0 Å². The van der Waals surface area contributed by atoms with Gasteiger partial charge in [0, 0.05) is 19.1 Å². The van der Waals surface area contributed by atoms with E-state index in [1.54, 1.807) is 0 Å². The van der Waals surface area contributed by atoms with E-state index in [9.17, 15) is 9.90 Å². The lowest BCUT2D eigenvalue weighted by Crippen LogP contribution is -2.66. The Hall–Kier alpha value is -1.51. The summed E-state index contributed by atoms with van der Waals surface area (Å²) < 4.78 is 23.3. The van der Waals surface area contributed by atoms with Gasteiger partial charge in [-0.15, -0.1) is 0 Å². The quantitative estimate of drug-likeness (QED) is 0.827. The summed E-state index contributed by atoms with van der Waals surface area (Å²) in [6.45, 7) is 4.12. The Labute approximate surface area is 147 Å². The standard InChI is InChI=1S/C18H25NO6/c1-3-9-22-18-14(19-11(2)20)15(21)16-13(24-18)10-23-17(25-16)12-7-5-4-6-8-12/h4-8,13-18,21H,3,9-10H2,1-2H3,(H,19,20)/t13-,14-,15-,16-,17?,18-/m1/s1. The van der Waals surface area contributed by atoms with Gasteiger partial charge in [-0.1, -0.05) is 37.3 Å². The number of hydrogen-bond acceptors (Lipinski definition) is 6. The summed E-state index contributed by atoms with van der Waals surface area (Å²) in [5.74, 6) is -0.261. The first-order valence-electron chi connectivity index (χ1n) is 8.64. The molecule has 2 aliphatic rings. The van der Waals surface area contributed by atoms with Crippen molar-refractivity contribution in [1.29, 1.82) is 0 Å². The van der Waals surface area contributed by atoms with E-state index in [0.717, 1.165) is 12.0 Å². The fourth-order valence-electron chi connectivity index (χ4n) is 3.14. The minimum Gasteiger partial charge on any atom is -0.388 e. The van der Waals surface area contributed by atoms with E-state index in [2.05, 4.69) is 5.32 Å². The normalized spacial score (nSPS) is 35.0. The highest BCUT2D eigenvalue weighted by molar-refractivity contribution is 5.73. The molecule has 2 saturated heterocycles. The monoisotopic (exact) mass is 351 g/mol. The second kappa shape index (κ2) is 8.25. The van der Waals surface area contributed by atoms with E-state index < -0.39 is 36.9 Å². The third-order valence-corrected chi connectivity index (χ3v) is 4.29. The highest BCUT2D eigenvalue weighted by Crippen LogP contribution is 2.34. The van der Waals surface area contributed by atoms with Crippen molar-refractivity contribution in [1.82, 2.24) is 5.32 Å². The Kier molecular flexibility index (Phi) is 6.03. The molecule has 1 aromatic carbocycles. The van der Waals surface area contributed by atoms with Crippen LogP contribution in [0.3, 0.4) is 0 Å². The molecule has 2 N–H and O–H groups in total. The van der Waals surface area contributed by atoms with Crippen LogP contribution in [0.25, 0.3) is 0 Å². The average molecular weight is 351 g/mol. The number of hydrogen-bond donors (Lipinski definition) is 2. The van der Waals surface area contributed by atoms with E-state index in [1.807, 2.05) is 37.3 Å². The minimum atomic E-state index is -0.959. The maximum Gasteiger partial charge on any atom is 0.217 e. The fraction of sp³-hybridized carbons (Fsp3) is 0.611. The van der Waals surface area contributed by atoms with Crippen molar-refractivity contribution in [2.45, 2.75) is 57.2 Å². The number of amides is 1. The number of aliphatic hydroxyl groups is 1. The Morgan fingerprint density at radius 2 is 2.08 bits per heavy atom. The predicted octanol–water partition coefficient (Wildman–Crippen LogP) is 1.12. The lowest BCUT2D eigenvalue weighted by atomic mass is 9.95. The molecule has 1 aromatic rings. The summed E-state index contributed by atoms with van der Waals surface area (Å²) in [6.07, 6.45) is -2.54. The van der Waals surface area contributed by atoms with Gasteiger partial charge in [-0.25, -0.2) is 0 Å². The summed E-state index contributed by atoms with van der Waals surface area (Å²) in [5.41, 5.74) is 0.869. The summed E-state index contributed by atoms with van der Waals surface area (Å²) in [4.78, 5) is 11.5. The van der Waals surface area contributed by atoms with Crippen LogP contribution in [0.1, 0.15) is 32.1 Å². The Morgan fingerprint density at radius 1 is 1.32 bits per heavy atom. The van der Waals surface area contributed by atoms with Crippen LogP contribution in [-0.4, -0.2) is 54.9 Å². The molecule has 0 spiro atoms. The molecule has 3 rings (SSSR count). The maximum atomic E-state index is 11.5. The molecule has 2 heterocycles. The van der Waals surface area contributed by atoms with Crippen LogP contribution in [0.5, 0.6) is 0 Å². The number of carbonyl (C=O) groups excluding carboxylic acids is 1. The number of aliphatic hydroxyl groups excluding tert-OH is 1. The van der Waals surface area contributed by atoms with Gasteiger partial charge in [0.2, 0.25) is 5.91 Å². The van der Waals surface area contributed by atoms with Gasteiger partial charge in [0.15, 0.2) is 12.6 Å². The third kappa shape index (κ3) is 4.19. The smallest absolute Gasteiger partial charge is 0.217 e. The molecule has 0 aliphatic carbocycles. The van der Waals surface area contributed by atoms with E-state index in [-0.39, 0.29) is 12.5 Å². The molecule has 1 unspecified atom stereocenters. The van der Waals surface area contributed by atoms with Gasteiger partial charge in [-0.2, -0.15) is 0 Å². The van der Waals surface area contributed by atoms with Crippen LogP contribution in [0.4, 0.5) is 0 Å². The van der Waals surface area contributed by atoms with E-state index in [4.69, 9.17) is 18.9 Å². The molecular formula is C18H25NO6. The van der Waals surface area contributed by atoms with Crippen LogP contribution in [0, 0.1) is 0 Å². The summed E-state index contributed by atoms with van der Waals surface area (Å²) >= 11 is 0. The molecule has 25 heavy (non-hydrogen) atoms. The summed E-state index contributed by atoms with van der Waals surface area (Å²) in [7, 11) is 0. The summed E-state index contributed by atoms with van der Waals surface area (Å²) in [6, 6.07) is 8.82. The predicted molar refractivity (Wildman–Crippen MR) is 88.5 cm³/mol. The van der Waals surface area contributed by atoms with E-state index in [1.165, 1.54) is 6.92 Å². The molecule has 2 aliphatic heterocycles. The molecule has 6 atom stereocenters. The van der Waals surface area contributed by atoms with Crippen molar-refractivity contribution in [3.05, 3.63) is 35.9 Å². The second-order valence-electron chi connectivity index (χ2n) is 6.31. The number of fused-ring (bicyclic) bond motifs is 1. The van der Waals surface area contributed by atoms with E-state index >= 15 is 0 Å². The van der Waals surface area contributed by atoms with Gasteiger partial charge in [0.05, 0.1) is 6.61 Å². The molecule has 138 valence electrons. The Morgan fingerprint density at radius 3 is 2.76 bits per heavy atom. The lowest BCUT2D eigenvalue weighted by Gasteiger charge is -2.47. The van der Waals surface area contributed by atoms with Crippen LogP contribution in [0.15, 0.2) is 30.3 Å². The SMILES string of the molecule is CCCO[C@@H]1O[C@@H]2COC(c3ccccc3)O[C@H]2[C@H](O)[C@H]1NC(C)=O. The van der Waals surface area contributed by atoms with Gasteiger partial charge in [0.1, 0.15) is 24.4 Å². The van der Waals surface area contributed by atoms with Crippen molar-refractivity contribution in [2.24, 2.45) is 0 Å². The highest BCUT2D eigenvalue weighted by Gasteiger charge is 2.50. The molecule has 0 saturated carbocycles. The minimum absolute atomic E-state index is 0.261. The van der Waals surface area contributed by atoms with Crippen LogP contribution < -0.4 is 5.32 Å². The number of ether oxygens (including phenoxy) is 4. The summed E-state index contributed by atoms with van der Waals surface area (Å²) in [5, 5.41) is 13.5. The topological polar surface area (TPSA) is 86.2 Å². The molecule has 1 amide bonds. The first-order valence-corrected chi connectivity index (χ1v) is 8.64. The zero-order valence-electron chi connectivity index (χ0n) is 14.5. The van der Waals surface area contributed by atoms with E-state index in [0.29, 0.717) is 6.61 Å². The first kappa shape index (κ1) is 18.3. The number of nitrogens with one attached hydrogen (secondary N) is 1. The van der Waals surface area contributed by atoms with Gasteiger partial charge in [0.25, 0.3) is 0 Å². The fourth-order valence-corrected chi connectivity index (χ4v) is 3.14. The van der Waals surface area contributed by atoms with Crippen molar-refractivity contribution < 1.29 is 28.8 Å². The van der Waals surface area contributed by atoms with Gasteiger partial charge in [-0.05, 0) is 6.42 Å². The first-order chi connectivity index (χ1) is 12.1. The van der Waals surface area contributed by atoms with Crippen LogP contribution in [-0.2, 0) is 23.7 Å². The number of benzene rings is 1. The van der Waals surface area contributed by atoms with Crippen molar-refractivity contribution >= 4 is 5.91 Å². The largest absolute Gasteiger partial charge is 0.388 e. The third-order valence-electron chi connectivity index (χ3n) is 4.29. The van der Waals surface area contributed by atoms with Gasteiger partial charge in [-0.3, -0.25) is 4.79 Å². The molecule has 7 heteroatoms. The Balaban J connectivity index is 1.74. The van der Waals surface area contributed by atoms with Crippen molar-refractivity contribution in [2.75, 3.05) is 13.2 Å². The maximum absolute atomic E-state index is 11.5. The van der Waals surface area contributed by atoms with Crippen molar-refractivity contribution in [3.8, 4) is 0 Å². The Bertz CT molecular complexity index is 568. The van der Waals surface area contributed by atoms with Crippen LogP contribution >= 0.6 is 0 Å². The lowest BCUT2D eigenvalue weighted by molar-refractivity contribution is -0.344.